The van der Waals surface area contributed by atoms with E-state index >= 15 is 0 Å². The van der Waals surface area contributed by atoms with E-state index in [4.69, 9.17) is 5.73 Å². The Morgan fingerprint density at radius 3 is 2.50 bits per heavy atom. The Morgan fingerprint density at radius 2 is 2.00 bits per heavy atom. The predicted octanol–water partition coefficient (Wildman–Crippen LogP) is 2.58. The van der Waals surface area contributed by atoms with Crippen molar-refractivity contribution in [1.29, 1.82) is 0 Å². The van der Waals surface area contributed by atoms with Gasteiger partial charge < -0.3 is 10.5 Å². The van der Waals surface area contributed by atoms with Gasteiger partial charge in [-0.3, -0.25) is 4.79 Å². The van der Waals surface area contributed by atoms with Gasteiger partial charge in [-0.2, -0.15) is 13.2 Å². The van der Waals surface area contributed by atoms with Gasteiger partial charge in [0.1, 0.15) is 0 Å². The molecule has 0 aliphatic carbocycles. The molecule has 18 heavy (non-hydrogen) atoms. The van der Waals surface area contributed by atoms with Gasteiger partial charge in [-0.25, -0.2) is 0 Å². The number of hydrogen-bond donors (Lipinski definition) is 1. The van der Waals surface area contributed by atoms with E-state index in [-0.39, 0.29) is 12.0 Å². The molecule has 0 aliphatic rings. The van der Waals surface area contributed by atoms with Crippen molar-refractivity contribution in [2.24, 2.45) is 5.73 Å². The molecular formula is C12H14F3NO2. The van der Waals surface area contributed by atoms with E-state index in [1.54, 1.807) is 6.92 Å². The lowest BCUT2D eigenvalue weighted by atomic mass is 9.99. The highest BCUT2D eigenvalue weighted by molar-refractivity contribution is 5.70. The highest BCUT2D eigenvalue weighted by Gasteiger charge is 2.31. The van der Waals surface area contributed by atoms with Gasteiger partial charge >= 0.3 is 12.1 Å². The van der Waals surface area contributed by atoms with E-state index < -0.39 is 23.8 Å². The van der Waals surface area contributed by atoms with Gasteiger partial charge in [-0.15, -0.1) is 0 Å². The summed E-state index contributed by atoms with van der Waals surface area (Å²) >= 11 is 0. The first-order chi connectivity index (χ1) is 8.24. The Morgan fingerprint density at radius 1 is 1.39 bits per heavy atom. The van der Waals surface area contributed by atoms with E-state index in [1.165, 1.54) is 13.2 Å². The summed E-state index contributed by atoms with van der Waals surface area (Å²) in [5.41, 5.74) is 5.63. The second-order valence-corrected chi connectivity index (χ2v) is 4.02. The van der Waals surface area contributed by atoms with Crippen LogP contribution in [0.3, 0.4) is 0 Å². The fourth-order valence-corrected chi connectivity index (χ4v) is 1.57. The molecule has 0 aliphatic heterocycles. The maximum Gasteiger partial charge on any atom is 0.416 e. The summed E-state index contributed by atoms with van der Waals surface area (Å²) in [6, 6.07) is 2.72. The highest BCUT2D eigenvalue weighted by atomic mass is 19.4. The number of esters is 1. The second kappa shape index (κ2) is 5.39. The fraction of sp³-hybridized carbons (Fsp3) is 0.417. The summed E-state index contributed by atoms with van der Waals surface area (Å²) in [5, 5.41) is 0. The van der Waals surface area contributed by atoms with Crippen LogP contribution in [-0.4, -0.2) is 13.1 Å². The Hall–Kier alpha value is -1.56. The normalized spacial score (nSPS) is 13.2. The Balaban J connectivity index is 3.03. The van der Waals surface area contributed by atoms with Gasteiger partial charge in [0, 0.05) is 6.04 Å². The minimum atomic E-state index is -4.42. The van der Waals surface area contributed by atoms with Crippen LogP contribution >= 0.6 is 0 Å². The average Bonchev–Trinajstić information content (AvgIpc) is 2.26. The van der Waals surface area contributed by atoms with Gasteiger partial charge in [0.25, 0.3) is 0 Å². The van der Waals surface area contributed by atoms with Gasteiger partial charge in [0.2, 0.25) is 0 Å². The second-order valence-electron chi connectivity index (χ2n) is 4.02. The summed E-state index contributed by atoms with van der Waals surface area (Å²) in [5.74, 6) is -0.558. The van der Waals surface area contributed by atoms with E-state index in [2.05, 4.69) is 4.74 Å². The van der Waals surface area contributed by atoms with Crippen LogP contribution in [0.2, 0.25) is 0 Å². The zero-order chi connectivity index (χ0) is 13.9. The van der Waals surface area contributed by atoms with Crippen molar-refractivity contribution >= 4 is 5.97 Å². The smallest absolute Gasteiger partial charge is 0.416 e. The Bertz CT molecular complexity index is 443. The van der Waals surface area contributed by atoms with Crippen molar-refractivity contribution in [2.75, 3.05) is 7.11 Å². The van der Waals surface area contributed by atoms with Crippen LogP contribution in [0.1, 0.15) is 29.2 Å². The lowest BCUT2D eigenvalue weighted by Crippen LogP contribution is -2.17. The molecule has 6 heteroatoms. The van der Waals surface area contributed by atoms with Gasteiger partial charge in [0.15, 0.2) is 0 Å². The first-order valence-electron chi connectivity index (χ1n) is 5.25. The number of rotatable bonds is 3. The first-order valence-corrected chi connectivity index (χ1v) is 5.25. The number of alkyl halides is 3. The zero-order valence-corrected chi connectivity index (χ0v) is 10.0. The maximum absolute atomic E-state index is 12.6. The minimum Gasteiger partial charge on any atom is -0.469 e. The van der Waals surface area contributed by atoms with E-state index in [9.17, 15) is 18.0 Å². The molecule has 0 saturated carbocycles. The molecule has 0 fully saturated rings. The third-order valence-corrected chi connectivity index (χ3v) is 2.47. The van der Waals surface area contributed by atoms with Crippen molar-refractivity contribution in [3.05, 3.63) is 34.9 Å². The van der Waals surface area contributed by atoms with E-state index in [1.807, 2.05) is 0 Å². The van der Waals surface area contributed by atoms with E-state index in [0.717, 1.165) is 12.1 Å². The molecule has 0 unspecified atom stereocenters. The molecule has 0 radical (unpaired) electrons. The largest absolute Gasteiger partial charge is 0.469 e. The molecule has 1 aromatic rings. The standard InChI is InChI=1S/C12H14F3NO2/c1-7-3-8(10(16)6-11(17)18-2)5-9(4-7)12(13,14)15/h3-5,10H,6,16H2,1-2H3/t10-/m0/s1. The van der Waals surface area contributed by atoms with Crippen LogP contribution in [-0.2, 0) is 15.7 Å². The minimum absolute atomic E-state index is 0.156. The van der Waals surface area contributed by atoms with Crippen molar-refractivity contribution in [3.8, 4) is 0 Å². The molecule has 1 atom stereocenters. The molecule has 0 aromatic heterocycles. The molecule has 2 N–H and O–H groups in total. The zero-order valence-electron chi connectivity index (χ0n) is 10.0. The fourth-order valence-electron chi connectivity index (χ4n) is 1.57. The number of hydrogen-bond acceptors (Lipinski definition) is 3. The Labute approximate surface area is 103 Å². The number of carbonyl (C=O) groups is 1. The molecule has 0 amide bonds. The van der Waals surface area contributed by atoms with Crippen LogP contribution in [0.25, 0.3) is 0 Å². The monoisotopic (exact) mass is 261 g/mol. The summed E-state index contributed by atoms with van der Waals surface area (Å²) < 4.78 is 42.3. The van der Waals surface area contributed by atoms with Gasteiger partial charge in [0.05, 0.1) is 19.1 Å². The van der Waals surface area contributed by atoms with Crippen LogP contribution in [0.4, 0.5) is 13.2 Å². The number of aryl methyl sites for hydroxylation is 1. The topological polar surface area (TPSA) is 52.3 Å². The quantitative estimate of drug-likeness (QED) is 0.851. The molecule has 0 bridgehead atoms. The molecule has 0 spiro atoms. The number of nitrogens with two attached hydrogens (primary N) is 1. The number of ether oxygens (including phenoxy) is 1. The summed E-state index contributed by atoms with van der Waals surface area (Å²) in [6.45, 7) is 1.55. The van der Waals surface area contributed by atoms with Crippen molar-refractivity contribution in [2.45, 2.75) is 25.6 Å². The van der Waals surface area contributed by atoms with E-state index in [0.29, 0.717) is 5.56 Å². The lowest BCUT2D eigenvalue weighted by molar-refractivity contribution is -0.141. The SMILES string of the molecule is COC(=O)C[C@H](N)c1cc(C)cc(C(F)(F)F)c1. The van der Waals surface area contributed by atoms with Crippen LogP contribution in [0.15, 0.2) is 18.2 Å². The third kappa shape index (κ3) is 3.73. The van der Waals surface area contributed by atoms with Crippen molar-refractivity contribution < 1.29 is 22.7 Å². The highest BCUT2D eigenvalue weighted by Crippen LogP contribution is 2.32. The van der Waals surface area contributed by atoms with Crippen molar-refractivity contribution in [3.63, 3.8) is 0 Å². The van der Waals surface area contributed by atoms with Crippen molar-refractivity contribution in [1.82, 2.24) is 0 Å². The molecular weight excluding hydrogens is 247 g/mol. The van der Waals surface area contributed by atoms with Crippen LogP contribution in [0, 0.1) is 6.92 Å². The number of benzene rings is 1. The van der Waals surface area contributed by atoms with Gasteiger partial charge in [-0.05, 0) is 24.6 Å². The van der Waals surface area contributed by atoms with Crippen LogP contribution in [0.5, 0.6) is 0 Å². The molecule has 100 valence electrons. The van der Waals surface area contributed by atoms with Crippen LogP contribution < -0.4 is 5.73 Å². The molecule has 3 nitrogen and oxygen atoms in total. The first kappa shape index (κ1) is 14.5. The summed E-state index contributed by atoms with van der Waals surface area (Å²) in [7, 11) is 1.20. The Kier molecular flexibility index (Phi) is 4.34. The third-order valence-electron chi connectivity index (χ3n) is 2.47. The molecule has 0 saturated heterocycles. The molecule has 1 rings (SSSR count). The predicted molar refractivity (Wildman–Crippen MR) is 59.7 cm³/mol. The summed E-state index contributed by atoms with van der Waals surface area (Å²) in [4.78, 5) is 11.0. The number of carbonyl (C=O) groups excluding carboxylic acids is 1. The number of methoxy groups -OCH3 is 1. The molecule has 1 aromatic carbocycles. The average molecular weight is 261 g/mol. The summed E-state index contributed by atoms with van der Waals surface area (Å²) in [6.07, 6.45) is -4.58. The molecule has 0 heterocycles. The number of halogens is 3. The lowest BCUT2D eigenvalue weighted by Gasteiger charge is -2.15. The maximum atomic E-state index is 12.6. The van der Waals surface area contributed by atoms with Gasteiger partial charge in [-0.1, -0.05) is 11.6 Å².